The van der Waals surface area contributed by atoms with Crippen molar-refractivity contribution < 1.29 is 27.0 Å². The number of carbonyl (C=O) groups is 1. The molecule has 2 rings (SSSR count). The van der Waals surface area contributed by atoms with Crippen LogP contribution in [-0.2, 0) is 27.5 Å². The highest BCUT2D eigenvalue weighted by atomic mass is 79.9. The first-order valence-corrected chi connectivity index (χ1v) is 10.5. The van der Waals surface area contributed by atoms with E-state index < -0.39 is 22.7 Å². The number of aromatic nitrogens is 3. The van der Waals surface area contributed by atoms with Crippen LogP contribution in [0.3, 0.4) is 0 Å². The smallest absolute Gasteiger partial charge is 0.383 e. The predicted octanol–water partition coefficient (Wildman–Crippen LogP) is 3.19. The molecule has 0 saturated heterocycles. The van der Waals surface area contributed by atoms with Gasteiger partial charge in [0.05, 0.1) is 33.0 Å². The zero-order valence-corrected chi connectivity index (χ0v) is 18.9. The van der Waals surface area contributed by atoms with Crippen molar-refractivity contribution in [2.75, 3.05) is 18.6 Å². The van der Waals surface area contributed by atoms with E-state index in [1.807, 2.05) is 0 Å². The van der Waals surface area contributed by atoms with Crippen molar-refractivity contribution in [1.29, 1.82) is 0 Å². The second kappa shape index (κ2) is 9.27. The third-order valence-electron chi connectivity index (χ3n) is 4.20. The number of carbonyl (C=O) groups excluding carboxylic acids is 1. The Balaban J connectivity index is 2.75. The molecule has 0 spiro atoms. The van der Waals surface area contributed by atoms with Crippen molar-refractivity contribution in [1.82, 2.24) is 19.6 Å². The maximum atomic E-state index is 13.4. The Kier molecular flexibility index (Phi) is 7.42. The lowest BCUT2D eigenvalue weighted by molar-refractivity contribution is -0.182. The van der Waals surface area contributed by atoms with Gasteiger partial charge in [0.25, 0.3) is 0 Å². The van der Waals surface area contributed by atoms with Gasteiger partial charge in [-0.3, -0.25) is 13.8 Å². The van der Waals surface area contributed by atoms with Gasteiger partial charge in [0.15, 0.2) is 11.5 Å². The Morgan fingerprint density at radius 3 is 2.57 bits per heavy atom. The molecule has 0 aliphatic heterocycles. The van der Waals surface area contributed by atoms with Gasteiger partial charge in [-0.2, -0.15) is 18.2 Å². The molecule has 0 aliphatic carbocycles. The van der Waals surface area contributed by atoms with Crippen LogP contribution >= 0.6 is 15.9 Å². The fourth-order valence-corrected chi connectivity index (χ4v) is 3.90. The number of nitrogens with two attached hydrogens (primary N) is 1. The van der Waals surface area contributed by atoms with E-state index in [9.17, 15) is 22.2 Å². The van der Waals surface area contributed by atoms with Gasteiger partial charge in [-0.1, -0.05) is 6.92 Å². The number of nitrogens with zero attached hydrogens (tertiary/aromatic N) is 4. The lowest BCUT2D eigenvalue weighted by atomic mass is 10.2. The maximum absolute atomic E-state index is 13.4. The van der Waals surface area contributed by atoms with Crippen LogP contribution in [0.4, 0.5) is 19.0 Å². The molecule has 8 nitrogen and oxygen atoms in total. The molecule has 2 heterocycles. The Labute approximate surface area is 181 Å². The number of alkyl halides is 3. The van der Waals surface area contributed by atoms with E-state index in [1.54, 1.807) is 27.0 Å². The monoisotopic (exact) mass is 509 g/mol. The summed E-state index contributed by atoms with van der Waals surface area (Å²) in [4.78, 5) is 24.3. The quantitative estimate of drug-likeness (QED) is 0.454. The molecule has 0 aliphatic rings. The van der Waals surface area contributed by atoms with Crippen LogP contribution in [-0.4, -0.2) is 49.3 Å². The minimum absolute atomic E-state index is 0.0568. The molecule has 30 heavy (non-hydrogen) atoms. The van der Waals surface area contributed by atoms with Gasteiger partial charge >= 0.3 is 6.18 Å². The molecule has 2 aromatic heterocycles. The number of imidazole rings is 1. The molecular weight excluding hydrogens is 491 g/mol. The summed E-state index contributed by atoms with van der Waals surface area (Å²) in [5, 5.41) is 0.0568. The Hall–Kier alpha value is -2.25. The van der Waals surface area contributed by atoms with Crippen LogP contribution in [0.5, 0.6) is 0 Å². The summed E-state index contributed by atoms with van der Waals surface area (Å²) in [6, 6.07) is 1.55. The molecule has 0 fully saturated rings. The minimum Gasteiger partial charge on any atom is -0.383 e. The molecule has 1 atom stereocenters. The zero-order valence-electron chi connectivity index (χ0n) is 16.5. The van der Waals surface area contributed by atoms with Crippen LogP contribution in [0.25, 0.3) is 17.6 Å². The zero-order chi connectivity index (χ0) is 22.8. The number of hydrogen-bond acceptors (Lipinski definition) is 6. The first-order valence-electron chi connectivity index (χ1n) is 8.41. The van der Waals surface area contributed by atoms with Gasteiger partial charge in [0.1, 0.15) is 11.5 Å². The SMILES string of the molecule is CCS(=O)c1cc(Br)c(N)nc1-c1nc(/C=C(\N(C=O)OC)C(F)(F)F)c(C)n1C. The fourth-order valence-electron chi connectivity index (χ4n) is 2.52. The second-order valence-corrected chi connectivity index (χ2v) is 8.51. The predicted molar refractivity (Wildman–Crippen MR) is 109 cm³/mol. The second-order valence-electron chi connectivity index (χ2n) is 5.94. The molecule has 164 valence electrons. The van der Waals surface area contributed by atoms with Crippen LogP contribution in [0.1, 0.15) is 18.3 Å². The number of allylic oxidation sites excluding steroid dienone is 1. The number of pyridine rings is 1. The average molecular weight is 510 g/mol. The summed E-state index contributed by atoms with van der Waals surface area (Å²) < 4.78 is 54.8. The topological polar surface area (TPSA) is 103 Å². The molecule has 0 radical (unpaired) electrons. The van der Waals surface area contributed by atoms with Crippen molar-refractivity contribution in [3.8, 4) is 11.5 Å². The number of hydrogen-bond donors (Lipinski definition) is 1. The lowest BCUT2D eigenvalue weighted by Crippen LogP contribution is -2.29. The van der Waals surface area contributed by atoms with E-state index in [4.69, 9.17) is 5.73 Å². The van der Waals surface area contributed by atoms with Crippen LogP contribution in [0.15, 0.2) is 21.1 Å². The largest absolute Gasteiger partial charge is 0.434 e. The van der Waals surface area contributed by atoms with Crippen molar-refractivity contribution in [3.63, 3.8) is 0 Å². The third-order valence-corrected chi connectivity index (χ3v) is 6.16. The number of nitrogen functional groups attached to an aromatic ring is 1. The van der Waals surface area contributed by atoms with Crippen LogP contribution < -0.4 is 5.73 Å². The van der Waals surface area contributed by atoms with E-state index in [2.05, 4.69) is 30.7 Å². The van der Waals surface area contributed by atoms with Gasteiger partial charge in [-0.25, -0.2) is 9.97 Å². The summed E-state index contributed by atoms with van der Waals surface area (Å²) in [6.07, 6.45) is -4.29. The molecule has 0 bridgehead atoms. The van der Waals surface area contributed by atoms with E-state index >= 15 is 0 Å². The Morgan fingerprint density at radius 1 is 1.43 bits per heavy atom. The number of hydroxylamine groups is 2. The summed E-state index contributed by atoms with van der Waals surface area (Å²) in [6.45, 7) is 3.27. The van der Waals surface area contributed by atoms with Gasteiger partial charge in [0, 0.05) is 18.5 Å². The minimum atomic E-state index is -4.88. The Morgan fingerprint density at radius 2 is 2.07 bits per heavy atom. The van der Waals surface area contributed by atoms with E-state index in [-0.39, 0.29) is 34.5 Å². The van der Waals surface area contributed by atoms with E-state index in [1.165, 1.54) is 4.57 Å². The normalized spacial score (nSPS) is 13.4. The van der Waals surface area contributed by atoms with Gasteiger partial charge in [-0.15, -0.1) is 0 Å². The van der Waals surface area contributed by atoms with E-state index in [0.717, 1.165) is 7.11 Å². The number of rotatable bonds is 7. The molecule has 1 amide bonds. The third kappa shape index (κ3) is 4.73. The van der Waals surface area contributed by atoms with Gasteiger partial charge in [-0.05, 0) is 35.0 Å². The first kappa shape index (κ1) is 24.0. The molecule has 2 aromatic rings. The summed E-state index contributed by atoms with van der Waals surface area (Å²) in [5.74, 6) is 0.579. The fraction of sp³-hybridized carbons (Fsp3) is 0.353. The highest BCUT2D eigenvalue weighted by molar-refractivity contribution is 9.10. The first-order chi connectivity index (χ1) is 14.0. The van der Waals surface area contributed by atoms with Gasteiger partial charge in [0.2, 0.25) is 6.41 Å². The van der Waals surface area contributed by atoms with Crippen LogP contribution in [0, 0.1) is 6.92 Å². The lowest BCUT2D eigenvalue weighted by Gasteiger charge is -2.19. The van der Waals surface area contributed by atoms with E-state index in [0.29, 0.717) is 26.9 Å². The maximum Gasteiger partial charge on any atom is 0.434 e. The molecule has 2 N–H and O–H groups in total. The molecular formula is C17H19BrF3N5O3S. The standard InChI is InChI=1S/C17H19BrF3N5O3S/c1-5-30(28)12-6-10(18)15(22)24-14(12)16-23-11(9(2)25(16)3)7-13(17(19,20)21)26(8-27)29-4/h6-8H,5H2,1-4H3,(H2,22,24)/b13-7-. The van der Waals surface area contributed by atoms with Crippen molar-refractivity contribution >= 4 is 45.0 Å². The van der Waals surface area contributed by atoms with Crippen molar-refractivity contribution in [2.45, 2.75) is 24.9 Å². The van der Waals surface area contributed by atoms with Gasteiger partial charge < -0.3 is 10.3 Å². The summed E-state index contributed by atoms with van der Waals surface area (Å²) in [5.41, 5.74) is 4.98. The number of amides is 1. The average Bonchev–Trinajstić information content (AvgIpc) is 2.96. The summed E-state index contributed by atoms with van der Waals surface area (Å²) in [7, 11) is 1.08. The molecule has 0 aromatic carbocycles. The molecule has 0 saturated carbocycles. The number of halogens is 4. The highest BCUT2D eigenvalue weighted by Crippen LogP contribution is 2.33. The summed E-state index contributed by atoms with van der Waals surface area (Å²) >= 11 is 3.24. The highest BCUT2D eigenvalue weighted by Gasteiger charge is 2.39. The van der Waals surface area contributed by atoms with Crippen molar-refractivity contribution in [2.24, 2.45) is 7.05 Å². The van der Waals surface area contributed by atoms with Crippen molar-refractivity contribution in [3.05, 3.63) is 27.6 Å². The number of anilines is 1. The molecule has 13 heteroatoms. The molecule has 1 unspecified atom stereocenters. The Bertz CT molecular complexity index is 1020. The van der Waals surface area contributed by atoms with Crippen LogP contribution in [0.2, 0.25) is 0 Å².